The van der Waals surface area contributed by atoms with Gasteiger partial charge in [-0.15, -0.1) is 0 Å². The minimum atomic E-state index is -0.374. The van der Waals surface area contributed by atoms with Crippen molar-refractivity contribution in [1.29, 1.82) is 0 Å². The molecule has 0 bridgehead atoms. The van der Waals surface area contributed by atoms with Gasteiger partial charge in [0.15, 0.2) is 5.11 Å². The molecule has 38 heavy (non-hydrogen) atoms. The second kappa shape index (κ2) is 10.7. The summed E-state index contributed by atoms with van der Waals surface area (Å²) in [5.74, 6) is 0.436. The number of carbonyl (C=O) groups is 1. The van der Waals surface area contributed by atoms with E-state index in [2.05, 4.69) is 32.8 Å². The number of carbonyl (C=O) groups excluding carboxylic acids is 1. The lowest BCUT2D eigenvalue weighted by Crippen LogP contribution is -2.29. The molecule has 1 N–H and O–H groups in total. The molecule has 194 valence electrons. The summed E-state index contributed by atoms with van der Waals surface area (Å²) in [5.41, 5.74) is 6.22. The Labute approximate surface area is 228 Å². The molecule has 2 atom stereocenters. The first-order valence-electron chi connectivity index (χ1n) is 12.5. The van der Waals surface area contributed by atoms with Gasteiger partial charge in [0.2, 0.25) is 0 Å². The minimum Gasteiger partial charge on any atom is -0.494 e. The van der Waals surface area contributed by atoms with Crippen LogP contribution in [0.15, 0.2) is 79.0 Å². The number of thiocarbonyl (C=S) groups is 1. The number of hydrogen-bond donors (Lipinski definition) is 1. The third kappa shape index (κ3) is 4.52. The Bertz CT molecular complexity index is 1470. The number of anilines is 1. The maximum absolute atomic E-state index is 12.6. The Hall–Kier alpha value is -4.17. The van der Waals surface area contributed by atoms with Gasteiger partial charge < -0.3 is 24.3 Å². The Balaban J connectivity index is 1.66. The van der Waals surface area contributed by atoms with Crippen LogP contribution in [-0.4, -0.2) is 34.3 Å². The van der Waals surface area contributed by atoms with Gasteiger partial charge in [-0.05, 0) is 93.1 Å². The van der Waals surface area contributed by atoms with Crippen molar-refractivity contribution in [3.05, 3.63) is 107 Å². The lowest BCUT2D eigenvalue weighted by atomic mass is 9.96. The molecule has 1 aliphatic heterocycles. The summed E-state index contributed by atoms with van der Waals surface area (Å²) in [7, 11) is 1.40. The van der Waals surface area contributed by atoms with E-state index in [-0.39, 0.29) is 18.1 Å². The van der Waals surface area contributed by atoms with Gasteiger partial charge in [-0.2, -0.15) is 0 Å². The molecule has 1 fully saturated rings. The zero-order chi connectivity index (χ0) is 26.8. The number of pyridine rings is 1. The summed E-state index contributed by atoms with van der Waals surface area (Å²) in [5, 5.41) is 4.14. The molecule has 2 aromatic heterocycles. The second-order valence-corrected chi connectivity index (χ2v) is 9.48. The number of nitrogens with one attached hydrogen (secondary N) is 1. The van der Waals surface area contributed by atoms with Crippen LogP contribution in [0.2, 0.25) is 0 Å². The summed E-state index contributed by atoms with van der Waals surface area (Å²) < 4.78 is 12.8. The monoisotopic (exact) mass is 526 g/mol. The highest BCUT2D eigenvalue weighted by Gasteiger charge is 2.42. The highest BCUT2D eigenvalue weighted by Crippen LogP contribution is 2.44. The summed E-state index contributed by atoms with van der Waals surface area (Å²) in [6.07, 6.45) is 1.80. The van der Waals surface area contributed by atoms with Crippen molar-refractivity contribution < 1.29 is 14.3 Å². The SMILES string of the molecule is CCOc1ccc(N2C(=S)N[C@@H](c3ccccn3)[C@@H]2c2cc(C)n(-c3ccccc3C(=O)OC)c2C)cc1. The Morgan fingerprint density at radius 2 is 1.79 bits per heavy atom. The predicted molar refractivity (Wildman–Crippen MR) is 152 cm³/mol. The van der Waals surface area contributed by atoms with E-state index in [0.29, 0.717) is 17.3 Å². The van der Waals surface area contributed by atoms with Crippen molar-refractivity contribution in [3.63, 3.8) is 0 Å². The smallest absolute Gasteiger partial charge is 0.339 e. The summed E-state index contributed by atoms with van der Waals surface area (Å²) in [6.45, 7) is 6.69. The Morgan fingerprint density at radius 1 is 1.05 bits per heavy atom. The number of nitrogens with zero attached hydrogens (tertiary/aromatic N) is 3. The van der Waals surface area contributed by atoms with Crippen molar-refractivity contribution in [3.8, 4) is 11.4 Å². The highest BCUT2D eigenvalue weighted by atomic mass is 32.1. The number of hydrogen-bond acceptors (Lipinski definition) is 5. The summed E-state index contributed by atoms with van der Waals surface area (Å²) in [4.78, 5) is 19.4. The topological polar surface area (TPSA) is 68.6 Å². The number of rotatable bonds is 7. The standard InChI is InChI=1S/C30H30N4O3S/c1-5-37-22-15-13-21(14-16-22)34-28(27(32-30(34)38)25-11-8-9-17-31-25)24-18-19(2)33(20(24)3)26-12-7-6-10-23(26)29(35)36-4/h6-18,27-28H,5H2,1-4H3,(H,32,38)/t27-,28-/m0/s1. The van der Waals surface area contributed by atoms with Crippen LogP contribution in [0.5, 0.6) is 5.75 Å². The predicted octanol–water partition coefficient (Wildman–Crippen LogP) is 5.85. The molecule has 0 spiro atoms. The van der Waals surface area contributed by atoms with E-state index in [9.17, 15) is 4.79 Å². The largest absolute Gasteiger partial charge is 0.494 e. The molecule has 0 unspecified atom stereocenters. The molecule has 4 aromatic rings. The molecular formula is C30H30N4O3S. The normalized spacial score (nSPS) is 16.8. The molecule has 5 rings (SSSR count). The maximum Gasteiger partial charge on any atom is 0.339 e. The fraction of sp³-hybridized carbons (Fsp3) is 0.233. The zero-order valence-electron chi connectivity index (χ0n) is 21.8. The maximum atomic E-state index is 12.6. The van der Waals surface area contributed by atoms with Crippen molar-refractivity contribution >= 4 is 29.0 Å². The molecule has 0 saturated carbocycles. The minimum absolute atomic E-state index is 0.180. The van der Waals surface area contributed by atoms with Crippen molar-refractivity contribution in [2.75, 3.05) is 18.6 Å². The van der Waals surface area contributed by atoms with Gasteiger partial charge in [0.05, 0.1) is 42.7 Å². The average molecular weight is 527 g/mol. The molecule has 7 nitrogen and oxygen atoms in total. The quantitative estimate of drug-likeness (QED) is 0.239. The lowest BCUT2D eigenvalue weighted by Gasteiger charge is -2.28. The fourth-order valence-corrected chi connectivity index (χ4v) is 5.57. The number of para-hydroxylation sites is 1. The van der Waals surface area contributed by atoms with E-state index in [0.717, 1.165) is 39.8 Å². The van der Waals surface area contributed by atoms with Gasteiger partial charge in [0, 0.05) is 23.3 Å². The Morgan fingerprint density at radius 3 is 2.47 bits per heavy atom. The number of ether oxygens (including phenoxy) is 2. The first kappa shape index (κ1) is 25.5. The molecule has 3 heterocycles. The van der Waals surface area contributed by atoms with E-state index in [1.165, 1.54) is 7.11 Å². The molecule has 1 aliphatic rings. The van der Waals surface area contributed by atoms with Gasteiger partial charge >= 0.3 is 5.97 Å². The van der Waals surface area contributed by atoms with Crippen LogP contribution in [-0.2, 0) is 4.74 Å². The number of esters is 1. The molecule has 0 radical (unpaired) electrons. The molecule has 8 heteroatoms. The van der Waals surface area contributed by atoms with Crippen molar-refractivity contribution in [2.45, 2.75) is 32.9 Å². The molecule has 1 saturated heterocycles. The lowest BCUT2D eigenvalue weighted by molar-refractivity contribution is 0.0600. The van der Waals surface area contributed by atoms with Crippen LogP contribution in [0.1, 0.15) is 52.0 Å². The first-order chi connectivity index (χ1) is 18.4. The van der Waals surface area contributed by atoms with E-state index in [4.69, 9.17) is 21.7 Å². The number of aryl methyl sites for hydroxylation is 1. The number of benzene rings is 2. The van der Waals surface area contributed by atoms with Crippen molar-refractivity contribution in [2.24, 2.45) is 0 Å². The van der Waals surface area contributed by atoms with E-state index >= 15 is 0 Å². The van der Waals surface area contributed by atoms with Crippen LogP contribution in [0.4, 0.5) is 5.69 Å². The summed E-state index contributed by atoms with van der Waals surface area (Å²) in [6, 6.07) is 23.2. The molecule has 0 aliphatic carbocycles. The van der Waals surface area contributed by atoms with Crippen LogP contribution in [0.25, 0.3) is 5.69 Å². The van der Waals surface area contributed by atoms with Gasteiger partial charge in [-0.3, -0.25) is 4.98 Å². The van der Waals surface area contributed by atoms with Crippen LogP contribution >= 0.6 is 12.2 Å². The molecular weight excluding hydrogens is 496 g/mol. The second-order valence-electron chi connectivity index (χ2n) is 9.09. The van der Waals surface area contributed by atoms with Crippen molar-refractivity contribution in [1.82, 2.24) is 14.9 Å². The molecule has 2 aromatic carbocycles. The number of methoxy groups -OCH3 is 1. The third-order valence-corrected chi connectivity index (χ3v) is 7.18. The summed E-state index contributed by atoms with van der Waals surface area (Å²) >= 11 is 5.90. The fourth-order valence-electron chi connectivity index (χ4n) is 5.23. The van der Waals surface area contributed by atoms with Gasteiger partial charge in [-0.25, -0.2) is 4.79 Å². The average Bonchev–Trinajstić information content (AvgIpc) is 3.44. The molecule has 0 amide bonds. The number of aromatic nitrogens is 2. The van der Waals surface area contributed by atoms with Gasteiger partial charge in [-0.1, -0.05) is 18.2 Å². The van der Waals surface area contributed by atoms with E-state index < -0.39 is 0 Å². The highest BCUT2D eigenvalue weighted by molar-refractivity contribution is 7.80. The van der Waals surface area contributed by atoms with E-state index in [1.807, 2.05) is 74.5 Å². The van der Waals surface area contributed by atoms with Crippen LogP contribution in [0, 0.1) is 13.8 Å². The van der Waals surface area contributed by atoms with Gasteiger partial charge in [0.1, 0.15) is 5.75 Å². The van der Waals surface area contributed by atoms with Crippen LogP contribution < -0.4 is 15.0 Å². The Kier molecular flexibility index (Phi) is 7.15. The zero-order valence-corrected chi connectivity index (χ0v) is 22.7. The van der Waals surface area contributed by atoms with Gasteiger partial charge in [0.25, 0.3) is 0 Å². The third-order valence-electron chi connectivity index (χ3n) is 6.86. The van der Waals surface area contributed by atoms with Crippen LogP contribution in [0.3, 0.4) is 0 Å². The first-order valence-corrected chi connectivity index (χ1v) is 13.0. The van der Waals surface area contributed by atoms with E-state index in [1.54, 1.807) is 12.3 Å².